The second kappa shape index (κ2) is 9.75. The van der Waals surface area contributed by atoms with Crippen molar-refractivity contribution < 1.29 is 14.3 Å². The van der Waals surface area contributed by atoms with Crippen molar-refractivity contribution in [2.45, 2.75) is 71.6 Å². The van der Waals surface area contributed by atoms with Gasteiger partial charge in [0.2, 0.25) is 0 Å². The van der Waals surface area contributed by atoms with Crippen LogP contribution in [-0.2, 0) is 14.3 Å². The molecule has 0 aromatic carbocycles. The first kappa shape index (κ1) is 17.9. The van der Waals surface area contributed by atoms with E-state index >= 15 is 0 Å². The largest absolute Gasteiger partial charge is 0.466 e. The molecule has 2 atom stereocenters. The number of hydrogen-bond acceptors (Lipinski definition) is 3. The average molecular weight is 294 g/mol. The minimum atomic E-state index is -0.227. The van der Waals surface area contributed by atoms with Crippen LogP contribution in [0.2, 0.25) is 0 Å². The topological polar surface area (TPSA) is 43.4 Å². The highest BCUT2D eigenvalue weighted by Crippen LogP contribution is 2.29. The molecule has 0 aromatic rings. The maximum atomic E-state index is 11.9. The van der Waals surface area contributed by atoms with E-state index in [9.17, 15) is 9.59 Å². The van der Waals surface area contributed by atoms with Crippen LogP contribution in [0.15, 0.2) is 11.6 Å². The zero-order chi connectivity index (χ0) is 15.7. The molecule has 1 aliphatic carbocycles. The van der Waals surface area contributed by atoms with Crippen LogP contribution in [0.4, 0.5) is 0 Å². The summed E-state index contributed by atoms with van der Waals surface area (Å²) < 4.78 is 4.89. The molecule has 0 bridgehead atoms. The lowest BCUT2D eigenvalue weighted by Crippen LogP contribution is -2.15. The smallest absolute Gasteiger partial charge is 0.333 e. The molecule has 0 saturated heterocycles. The Kier molecular flexibility index (Phi) is 8.33. The number of hydrogen-bond donors (Lipinski definition) is 0. The van der Waals surface area contributed by atoms with Crippen molar-refractivity contribution in [1.82, 2.24) is 0 Å². The Hall–Kier alpha value is -1.12. The Bertz CT molecular complexity index is 371. The maximum absolute atomic E-state index is 11.9. The normalized spacial score (nSPS) is 26.2. The molecule has 3 nitrogen and oxygen atoms in total. The number of carbonyl (C=O) groups excluding carboxylic acids is 2. The van der Waals surface area contributed by atoms with Crippen LogP contribution >= 0.6 is 0 Å². The van der Waals surface area contributed by atoms with E-state index in [0.29, 0.717) is 36.9 Å². The van der Waals surface area contributed by atoms with Gasteiger partial charge in [-0.3, -0.25) is 4.79 Å². The molecule has 21 heavy (non-hydrogen) atoms. The van der Waals surface area contributed by atoms with Gasteiger partial charge in [0.1, 0.15) is 5.78 Å². The molecule has 0 fully saturated rings. The van der Waals surface area contributed by atoms with Crippen LogP contribution in [0.3, 0.4) is 0 Å². The predicted octanol–water partition coefficient (Wildman–Crippen LogP) is 4.45. The first-order valence-corrected chi connectivity index (χ1v) is 8.39. The third-order valence-corrected chi connectivity index (χ3v) is 4.44. The van der Waals surface area contributed by atoms with Crippen molar-refractivity contribution in [3.63, 3.8) is 0 Å². The van der Waals surface area contributed by atoms with E-state index in [1.807, 2.05) is 0 Å². The Morgan fingerprint density at radius 2 is 2.05 bits per heavy atom. The predicted molar refractivity (Wildman–Crippen MR) is 85.0 cm³/mol. The van der Waals surface area contributed by atoms with Gasteiger partial charge in [-0.25, -0.2) is 4.79 Å². The third kappa shape index (κ3) is 6.45. The van der Waals surface area contributed by atoms with E-state index in [4.69, 9.17) is 4.74 Å². The molecule has 0 heterocycles. The van der Waals surface area contributed by atoms with Gasteiger partial charge in [-0.2, -0.15) is 0 Å². The monoisotopic (exact) mass is 294 g/mol. The molecular formula is C18H30O3. The van der Waals surface area contributed by atoms with Crippen molar-refractivity contribution in [3.8, 4) is 0 Å². The second-order valence-corrected chi connectivity index (χ2v) is 6.27. The van der Waals surface area contributed by atoms with Crippen LogP contribution < -0.4 is 0 Å². The van der Waals surface area contributed by atoms with Gasteiger partial charge in [-0.1, -0.05) is 45.6 Å². The van der Waals surface area contributed by atoms with Gasteiger partial charge in [0.05, 0.1) is 7.11 Å². The van der Waals surface area contributed by atoms with Crippen LogP contribution in [-0.4, -0.2) is 18.9 Å². The molecule has 0 radical (unpaired) electrons. The van der Waals surface area contributed by atoms with Gasteiger partial charge < -0.3 is 4.74 Å². The lowest BCUT2D eigenvalue weighted by atomic mass is 9.84. The molecule has 1 rings (SSSR count). The van der Waals surface area contributed by atoms with Gasteiger partial charge in [-0.05, 0) is 31.1 Å². The van der Waals surface area contributed by atoms with Crippen molar-refractivity contribution in [2.75, 3.05) is 7.11 Å². The Labute approximate surface area is 129 Å². The van der Waals surface area contributed by atoms with E-state index < -0.39 is 0 Å². The zero-order valence-corrected chi connectivity index (χ0v) is 13.8. The summed E-state index contributed by atoms with van der Waals surface area (Å²) in [5.41, 5.74) is 0.763. The number of ether oxygens (including phenoxy) is 1. The molecule has 0 spiro atoms. The summed E-state index contributed by atoms with van der Waals surface area (Å²) in [6.07, 6.45) is 10.7. The highest BCUT2D eigenvalue weighted by molar-refractivity contribution is 5.88. The number of rotatable bonds is 6. The van der Waals surface area contributed by atoms with Crippen molar-refractivity contribution in [3.05, 3.63) is 11.6 Å². The summed E-state index contributed by atoms with van der Waals surface area (Å²) >= 11 is 0. The number of Topliss-reactive ketones (excluding diaryl/α,β-unsaturated/α-hetero) is 1. The minimum Gasteiger partial charge on any atom is -0.466 e. The van der Waals surface area contributed by atoms with Crippen molar-refractivity contribution >= 4 is 11.8 Å². The van der Waals surface area contributed by atoms with Gasteiger partial charge in [0, 0.05) is 18.4 Å². The molecular weight excluding hydrogens is 264 g/mol. The van der Waals surface area contributed by atoms with Gasteiger partial charge in [-0.15, -0.1) is 0 Å². The van der Waals surface area contributed by atoms with Gasteiger partial charge in [0.25, 0.3) is 0 Å². The third-order valence-electron chi connectivity index (χ3n) is 4.44. The maximum Gasteiger partial charge on any atom is 0.333 e. The number of allylic oxidation sites excluding steroid dienone is 1. The van der Waals surface area contributed by atoms with E-state index in [-0.39, 0.29) is 5.97 Å². The molecule has 0 aromatic heterocycles. The SMILES string of the molecule is CCCCCC[C@@H]1/C=C(\C(=O)OC)CCCC(=O)C[C@@H]1C. The summed E-state index contributed by atoms with van der Waals surface area (Å²) in [5.74, 6) is 0.741. The standard InChI is InChI=1S/C18H30O3/c1-4-5-6-7-9-15-13-16(18(20)21-3)10-8-11-17(19)12-14(15)2/h13-15H,4-12H2,1-3H3/b16-13-/t14-,15+/m0/s1. The summed E-state index contributed by atoms with van der Waals surface area (Å²) in [5, 5.41) is 0. The summed E-state index contributed by atoms with van der Waals surface area (Å²) in [6, 6.07) is 0. The number of carbonyl (C=O) groups is 2. The van der Waals surface area contributed by atoms with E-state index in [1.54, 1.807) is 0 Å². The highest BCUT2D eigenvalue weighted by Gasteiger charge is 2.23. The average Bonchev–Trinajstić information content (AvgIpc) is 2.53. The molecule has 3 heteroatoms. The van der Waals surface area contributed by atoms with Gasteiger partial charge in [0.15, 0.2) is 0 Å². The van der Waals surface area contributed by atoms with Crippen LogP contribution in [0.5, 0.6) is 0 Å². The minimum absolute atomic E-state index is 0.227. The molecule has 0 amide bonds. The highest BCUT2D eigenvalue weighted by atomic mass is 16.5. The fourth-order valence-corrected chi connectivity index (χ4v) is 3.07. The zero-order valence-electron chi connectivity index (χ0n) is 13.8. The lowest BCUT2D eigenvalue weighted by Gasteiger charge is -2.20. The van der Waals surface area contributed by atoms with Crippen LogP contribution in [0.1, 0.15) is 71.6 Å². The van der Waals surface area contributed by atoms with Crippen LogP contribution in [0, 0.1) is 11.8 Å². The fraction of sp³-hybridized carbons (Fsp3) is 0.778. The summed E-state index contributed by atoms with van der Waals surface area (Å²) in [6.45, 7) is 4.34. The summed E-state index contributed by atoms with van der Waals surface area (Å²) in [4.78, 5) is 23.8. The van der Waals surface area contributed by atoms with Crippen LogP contribution in [0.25, 0.3) is 0 Å². The Balaban J connectivity index is 2.78. The second-order valence-electron chi connectivity index (χ2n) is 6.27. The number of unbranched alkanes of at least 4 members (excludes halogenated alkanes) is 3. The van der Waals surface area contributed by atoms with Crippen molar-refractivity contribution in [1.29, 1.82) is 0 Å². The molecule has 1 aliphatic rings. The number of methoxy groups -OCH3 is 1. The van der Waals surface area contributed by atoms with E-state index in [0.717, 1.165) is 18.4 Å². The van der Waals surface area contributed by atoms with Gasteiger partial charge >= 0.3 is 5.97 Å². The molecule has 0 saturated carbocycles. The van der Waals surface area contributed by atoms with Crippen molar-refractivity contribution in [2.24, 2.45) is 11.8 Å². The quantitative estimate of drug-likeness (QED) is 0.537. The molecule has 0 aliphatic heterocycles. The lowest BCUT2D eigenvalue weighted by molar-refractivity contribution is -0.136. The fourth-order valence-electron chi connectivity index (χ4n) is 3.07. The van der Waals surface area contributed by atoms with E-state index in [2.05, 4.69) is 19.9 Å². The molecule has 120 valence electrons. The first-order valence-electron chi connectivity index (χ1n) is 8.39. The number of ketones is 1. The summed E-state index contributed by atoms with van der Waals surface area (Å²) in [7, 11) is 1.43. The first-order chi connectivity index (χ1) is 10.1. The Morgan fingerprint density at radius 1 is 1.29 bits per heavy atom. The van der Waals surface area contributed by atoms with E-state index in [1.165, 1.54) is 32.8 Å². The number of esters is 1. The Morgan fingerprint density at radius 3 is 2.71 bits per heavy atom. The molecule has 0 unspecified atom stereocenters. The molecule has 0 N–H and O–H groups in total.